The Kier molecular flexibility index (Phi) is 6.30. The molecule has 3 fully saturated rings. The van der Waals surface area contributed by atoms with E-state index < -0.39 is 62.9 Å². The first-order valence-electron chi connectivity index (χ1n) is 12.7. The van der Waals surface area contributed by atoms with E-state index in [0.717, 1.165) is 17.0 Å². The molecule has 2 heterocycles. The van der Waals surface area contributed by atoms with Crippen LogP contribution in [-0.4, -0.2) is 62.0 Å². The largest absolute Gasteiger partial charge is 0.491 e. The number of imide groups is 2. The van der Waals surface area contributed by atoms with E-state index in [0.29, 0.717) is 16.9 Å². The van der Waals surface area contributed by atoms with Gasteiger partial charge in [-0.3, -0.25) is 24.4 Å². The van der Waals surface area contributed by atoms with Crippen molar-refractivity contribution >= 4 is 52.5 Å². The molecule has 2 saturated heterocycles. The topological polar surface area (TPSA) is 124 Å². The van der Waals surface area contributed by atoms with Gasteiger partial charge in [-0.2, -0.15) is 5.06 Å². The van der Waals surface area contributed by atoms with Gasteiger partial charge in [-0.1, -0.05) is 23.8 Å². The molecule has 6 atom stereocenters. The van der Waals surface area contributed by atoms with Gasteiger partial charge in [0.1, 0.15) is 18.2 Å². The van der Waals surface area contributed by atoms with Crippen LogP contribution < -0.4 is 9.64 Å². The molecule has 0 aromatic heterocycles. The van der Waals surface area contributed by atoms with Gasteiger partial charge in [-0.25, -0.2) is 9.29 Å². The number of hydroxylamine groups is 2. The zero-order valence-corrected chi connectivity index (χ0v) is 22.3. The summed E-state index contributed by atoms with van der Waals surface area (Å²) in [7, 11) is 0. The molecule has 2 aromatic rings. The predicted molar refractivity (Wildman–Crippen MR) is 139 cm³/mol. The first-order valence-corrected chi connectivity index (χ1v) is 13.4. The van der Waals surface area contributed by atoms with Crippen LogP contribution in [0.25, 0.3) is 0 Å². The number of fused-ring (bicyclic) bond motifs is 4. The molecule has 6 rings (SSSR count). The lowest BCUT2D eigenvalue weighted by Gasteiger charge is -2.50. The Hall–Kier alpha value is -3.31. The van der Waals surface area contributed by atoms with Crippen molar-refractivity contribution in [2.75, 3.05) is 18.1 Å². The number of hydrogen-bond donors (Lipinski definition) is 2. The molecule has 2 aliphatic heterocycles. The second-order valence-electron chi connectivity index (χ2n) is 10.4. The first kappa shape index (κ1) is 26.9. The van der Waals surface area contributed by atoms with Crippen LogP contribution in [0.5, 0.6) is 5.75 Å². The second kappa shape index (κ2) is 9.37. The number of hydrogen-bond acceptors (Lipinski definition) is 7. The number of allylic oxidation sites excluding steroid dienone is 2. The summed E-state index contributed by atoms with van der Waals surface area (Å²) in [4.78, 5) is 50.6. The number of nitrogens with zero attached hydrogens (tertiary/aromatic N) is 2. The summed E-state index contributed by atoms with van der Waals surface area (Å²) in [5, 5.41) is 19.3. The molecule has 0 bridgehead atoms. The Morgan fingerprint density at radius 1 is 0.950 bits per heavy atom. The maximum atomic E-state index is 14.2. The zero-order valence-electron chi connectivity index (χ0n) is 20.8. The molecule has 9 nitrogen and oxygen atoms in total. The van der Waals surface area contributed by atoms with Crippen LogP contribution in [0.15, 0.2) is 60.2 Å². The number of alkyl halides is 2. The quantitative estimate of drug-likeness (QED) is 0.238. The molecule has 0 radical (unpaired) electrons. The van der Waals surface area contributed by atoms with Gasteiger partial charge in [-0.05, 0) is 60.7 Å². The highest BCUT2D eigenvalue weighted by Gasteiger charge is 2.76. The molecule has 0 spiro atoms. The van der Waals surface area contributed by atoms with Crippen LogP contribution in [-0.2, 0) is 19.2 Å². The third-order valence-corrected chi connectivity index (χ3v) is 9.86. The first-order chi connectivity index (χ1) is 19.0. The highest BCUT2D eigenvalue weighted by molar-refractivity contribution is 6.58. The number of rotatable bonds is 5. The van der Waals surface area contributed by atoms with E-state index in [2.05, 4.69) is 0 Å². The third-order valence-electron chi connectivity index (χ3n) is 8.45. The van der Waals surface area contributed by atoms with Crippen LogP contribution >= 0.6 is 23.2 Å². The molecule has 12 heteroatoms. The summed E-state index contributed by atoms with van der Waals surface area (Å²) in [5.74, 6) is -6.91. The number of anilines is 1. The number of amides is 4. The number of ether oxygens (including phenoxy) is 1. The molecular formula is C28H23Cl2FN2O7. The SMILES string of the molecule is O=C1[C@H]2[C@H](CC=C3[C@H]2C[C@@]2(Cl)C(=O)N(c4ccc(F)cc4)C(=O)[C@@]2(Cl)[C@H]3c2ccc(OCCO)cc2)C(=O)N1O. The van der Waals surface area contributed by atoms with Crippen LogP contribution in [0.3, 0.4) is 0 Å². The minimum atomic E-state index is -2.05. The molecular weight excluding hydrogens is 566 g/mol. The number of carbonyl (C=O) groups is 4. The van der Waals surface area contributed by atoms with E-state index in [1.165, 1.54) is 12.1 Å². The number of aliphatic hydroxyl groups is 1. The van der Waals surface area contributed by atoms with Crippen molar-refractivity contribution in [2.24, 2.45) is 17.8 Å². The highest BCUT2D eigenvalue weighted by atomic mass is 35.5. The summed E-state index contributed by atoms with van der Waals surface area (Å²) >= 11 is 14.4. The Morgan fingerprint density at radius 2 is 1.62 bits per heavy atom. The molecule has 2 N–H and O–H groups in total. The van der Waals surface area contributed by atoms with Crippen molar-refractivity contribution in [3.63, 3.8) is 0 Å². The van der Waals surface area contributed by atoms with E-state index in [4.69, 9.17) is 33.0 Å². The minimum absolute atomic E-state index is 0.0662. The Morgan fingerprint density at radius 3 is 2.27 bits per heavy atom. The molecule has 4 amide bonds. The maximum Gasteiger partial charge on any atom is 0.258 e. The predicted octanol–water partition coefficient (Wildman–Crippen LogP) is 3.15. The molecule has 208 valence electrons. The number of benzene rings is 2. The average Bonchev–Trinajstić information content (AvgIpc) is 3.26. The van der Waals surface area contributed by atoms with E-state index in [1.807, 2.05) is 0 Å². The summed E-state index contributed by atoms with van der Waals surface area (Å²) in [6, 6.07) is 11.3. The Bertz CT molecular complexity index is 1470. The molecule has 1 saturated carbocycles. The van der Waals surface area contributed by atoms with Crippen LogP contribution in [0, 0.1) is 23.6 Å². The van der Waals surface area contributed by atoms with Gasteiger partial charge in [0.2, 0.25) is 0 Å². The summed E-state index contributed by atoms with van der Waals surface area (Å²) in [5.41, 5.74) is 1.15. The van der Waals surface area contributed by atoms with Crippen molar-refractivity contribution in [3.8, 4) is 5.75 Å². The lowest BCUT2D eigenvalue weighted by atomic mass is 9.56. The number of aliphatic hydroxyl groups excluding tert-OH is 1. The van der Waals surface area contributed by atoms with E-state index in [1.54, 1.807) is 30.3 Å². The highest BCUT2D eigenvalue weighted by Crippen LogP contribution is 2.65. The van der Waals surface area contributed by atoms with Crippen LogP contribution in [0.4, 0.5) is 10.1 Å². The molecule has 4 aliphatic rings. The summed E-state index contributed by atoms with van der Waals surface area (Å²) < 4.78 is 19.1. The van der Waals surface area contributed by atoms with E-state index in [-0.39, 0.29) is 36.8 Å². The van der Waals surface area contributed by atoms with Gasteiger partial charge >= 0.3 is 0 Å². The van der Waals surface area contributed by atoms with Crippen molar-refractivity contribution in [1.29, 1.82) is 0 Å². The standard InChI is InChI=1S/C28H23Cl2FN2O7/c29-27-13-20-18(9-10-19-21(20)24(36)33(39)23(19)35)22(14-1-7-17(8-2-14)40-12-11-34)28(27,30)26(38)32(25(27)37)16-5-3-15(31)4-6-16/h1-9,19-22,34,39H,10-13H2/t19-,20+,21-,22-,27+,28-/m0/s1. The smallest absolute Gasteiger partial charge is 0.258 e. The summed E-state index contributed by atoms with van der Waals surface area (Å²) in [6.45, 7) is -0.123. The van der Waals surface area contributed by atoms with Crippen molar-refractivity contribution in [2.45, 2.75) is 28.5 Å². The minimum Gasteiger partial charge on any atom is -0.491 e. The second-order valence-corrected chi connectivity index (χ2v) is 11.6. The van der Waals surface area contributed by atoms with Crippen molar-refractivity contribution < 1.29 is 38.6 Å². The monoisotopic (exact) mass is 588 g/mol. The van der Waals surface area contributed by atoms with Gasteiger partial charge in [0.25, 0.3) is 23.6 Å². The Balaban J connectivity index is 1.52. The fourth-order valence-corrected chi connectivity index (χ4v) is 7.61. The van der Waals surface area contributed by atoms with Gasteiger partial charge in [-0.15, -0.1) is 23.2 Å². The lowest BCUT2D eigenvalue weighted by Crippen LogP contribution is -2.60. The number of halogens is 3. The lowest BCUT2D eigenvalue weighted by molar-refractivity contribution is -0.173. The van der Waals surface area contributed by atoms with Gasteiger partial charge in [0, 0.05) is 5.92 Å². The van der Waals surface area contributed by atoms with E-state index in [9.17, 15) is 28.8 Å². The van der Waals surface area contributed by atoms with Crippen molar-refractivity contribution in [1.82, 2.24) is 5.06 Å². The van der Waals surface area contributed by atoms with Gasteiger partial charge in [0.05, 0.1) is 24.1 Å². The average molecular weight is 589 g/mol. The fraction of sp³-hybridized carbons (Fsp3) is 0.357. The van der Waals surface area contributed by atoms with E-state index >= 15 is 0 Å². The normalized spacial score (nSPS) is 33.1. The number of carbonyl (C=O) groups excluding carboxylic acids is 4. The fourth-order valence-electron chi connectivity index (χ4n) is 6.68. The van der Waals surface area contributed by atoms with Gasteiger partial charge in [0.15, 0.2) is 9.75 Å². The van der Waals surface area contributed by atoms with Crippen LogP contribution in [0.1, 0.15) is 24.3 Å². The van der Waals surface area contributed by atoms with Crippen molar-refractivity contribution in [3.05, 3.63) is 71.6 Å². The van der Waals surface area contributed by atoms with Gasteiger partial charge < -0.3 is 9.84 Å². The maximum absolute atomic E-state index is 14.2. The third kappa shape index (κ3) is 3.52. The Labute approximate surface area is 237 Å². The summed E-state index contributed by atoms with van der Waals surface area (Å²) in [6.07, 6.45) is 1.63. The molecule has 2 aromatic carbocycles. The molecule has 2 aliphatic carbocycles. The molecule has 40 heavy (non-hydrogen) atoms. The molecule has 0 unspecified atom stereocenters. The van der Waals surface area contributed by atoms with Crippen LogP contribution in [0.2, 0.25) is 0 Å². The zero-order chi connectivity index (χ0) is 28.6.